The molecule has 2 saturated carbocycles. The number of carboxylic acids is 1. The summed E-state index contributed by atoms with van der Waals surface area (Å²) in [5.74, 6) is -0.0598. The van der Waals surface area contributed by atoms with Gasteiger partial charge >= 0.3 is 5.97 Å². The molecule has 8 unspecified atom stereocenters. The van der Waals surface area contributed by atoms with Gasteiger partial charge in [0.05, 0.1) is 55.3 Å². The summed E-state index contributed by atoms with van der Waals surface area (Å²) in [5, 5.41) is 9.65. The van der Waals surface area contributed by atoms with Gasteiger partial charge in [0.2, 0.25) is 0 Å². The first-order chi connectivity index (χ1) is 13.6. The Bertz CT molecular complexity index is 559. The van der Waals surface area contributed by atoms with Crippen LogP contribution in [0, 0.1) is 11.3 Å². The fourth-order valence-electron chi connectivity index (χ4n) is 5.42. The molecule has 6 heteroatoms. The second-order valence-corrected chi connectivity index (χ2v) is 9.83. The van der Waals surface area contributed by atoms with Crippen LogP contribution in [0.1, 0.15) is 70.6 Å². The molecule has 4 saturated heterocycles. The quantitative estimate of drug-likeness (QED) is 0.502. The summed E-state index contributed by atoms with van der Waals surface area (Å²) in [6.07, 6.45) is 14.7. The highest BCUT2D eigenvalue weighted by atomic mass is 16.6. The van der Waals surface area contributed by atoms with E-state index in [1.165, 1.54) is 25.7 Å². The molecule has 0 aromatic rings. The first-order valence-electron chi connectivity index (χ1n) is 11.4. The van der Waals surface area contributed by atoms with Crippen molar-refractivity contribution in [3.63, 3.8) is 0 Å². The number of aliphatic carboxylic acids is 1. The zero-order valence-electron chi connectivity index (χ0n) is 16.7. The van der Waals surface area contributed by atoms with Gasteiger partial charge in [-0.05, 0) is 63.7 Å². The molecule has 0 aromatic heterocycles. The lowest BCUT2D eigenvalue weighted by Crippen LogP contribution is -2.38. The van der Waals surface area contributed by atoms with E-state index in [-0.39, 0.29) is 6.10 Å². The van der Waals surface area contributed by atoms with Crippen LogP contribution in [0.4, 0.5) is 0 Å². The molecule has 6 rings (SSSR count). The van der Waals surface area contributed by atoms with E-state index in [0.717, 1.165) is 58.2 Å². The van der Waals surface area contributed by atoms with Gasteiger partial charge in [-0.2, -0.15) is 0 Å². The largest absolute Gasteiger partial charge is 0.481 e. The Kier molecular flexibility index (Phi) is 5.41. The fraction of sp³-hybridized carbons (Fsp3) is 0.955. The van der Waals surface area contributed by atoms with Crippen molar-refractivity contribution in [2.75, 3.05) is 13.2 Å². The van der Waals surface area contributed by atoms with Crippen molar-refractivity contribution in [1.29, 1.82) is 0 Å². The van der Waals surface area contributed by atoms with Crippen LogP contribution in [-0.4, -0.2) is 60.9 Å². The minimum absolute atomic E-state index is 0.239. The van der Waals surface area contributed by atoms with E-state index in [2.05, 4.69) is 0 Å². The number of ether oxygens (including phenoxy) is 4. The summed E-state index contributed by atoms with van der Waals surface area (Å²) in [5.41, 5.74) is -0.510. The lowest BCUT2D eigenvalue weighted by Gasteiger charge is -2.35. The number of rotatable bonds is 8. The summed E-state index contributed by atoms with van der Waals surface area (Å²) < 4.78 is 21.3. The Morgan fingerprint density at radius 1 is 0.893 bits per heavy atom. The molecule has 6 fully saturated rings. The molecule has 4 heterocycles. The SMILES string of the molecule is C(CCC1CO1)CC1CO1.O=C(O)C1(CC2CCC3OC3C2)CCC2OC2C1. The van der Waals surface area contributed by atoms with E-state index in [1.54, 1.807) is 0 Å². The standard InChI is InChI=1S/C14H20O4.C8H14O2/c15-13(16)14(4-3-10-12(7-14)18-10)6-8-1-2-9-11(5-8)17-9;1(3-7-5-9-7)2-4-8-6-10-8/h8-12H,1-7H2,(H,15,16);7-8H,1-6H2. The zero-order valence-corrected chi connectivity index (χ0v) is 16.7. The molecule has 0 aromatic carbocycles. The summed E-state index contributed by atoms with van der Waals surface area (Å²) in [7, 11) is 0. The van der Waals surface area contributed by atoms with Gasteiger partial charge in [-0.15, -0.1) is 0 Å². The molecule has 4 aliphatic heterocycles. The molecule has 0 radical (unpaired) electrons. The molecular weight excluding hydrogens is 360 g/mol. The predicted molar refractivity (Wildman–Crippen MR) is 101 cm³/mol. The first kappa shape index (κ1) is 19.3. The fourth-order valence-corrected chi connectivity index (χ4v) is 5.42. The highest BCUT2D eigenvalue weighted by Crippen LogP contribution is 2.52. The topological polar surface area (TPSA) is 87.4 Å². The number of fused-ring (bicyclic) bond motifs is 2. The van der Waals surface area contributed by atoms with Crippen molar-refractivity contribution in [2.45, 2.75) is 107 Å². The molecule has 0 bridgehead atoms. The van der Waals surface area contributed by atoms with Gasteiger partial charge < -0.3 is 24.1 Å². The van der Waals surface area contributed by atoms with Crippen molar-refractivity contribution in [3.05, 3.63) is 0 Å². The minimum atomic E-state index is -0.602. The molecule has 0 amide bonds. The average molecular weight is 395 g/mol. The first-order valence-corrected chi connectivity index (χ1v) is 11.4. The number of hydrogen-bond acceptors (Lipinski definition) is 5. The molecule has 158 valence electrons. The Hall–Kier alpha value is -0.690. The van der Waals surface area contributed by atoms with Crippen LogP contribution in [0.2, 0.25) is 0 Å². The van der Waals surface area contributed by atoms with E-state index in [0.29, 0.717) is 36.4 Å². The Balaban J connectivity index is 0.000000145. The average Bonchev–Trinajstić information content (AvgIpc) is 3.53. The Morgan fingerprint density at radius 3 is 2.11 bits per heavy atom. The van der Waals surface area contributed by atoms with Gasteiger partial charge in [0.15, 0.2) is 0 Å². The molecule has 8 atom stereocenters. The second-order valence-electron chi connectivity index (χ2n) is 9.83. The van der Waals surface area contributed by atoms with Crippen LogP contribution in [0.25, 0.3) is 0 Å². The lowest BCUT2D eigenvalue weighted by molar-refractivity contribution is -0.152. The third-order valence-corrected chi connectivity index (χ3v) is 7.54. The van der Waals surface area contributed by atoms with Crippen LogP contribution >= 0.6 is 0 Å². The van der Waals surface area contributed by atoms with E-state index < -0.39 is 11.4 Å². The van der Waals surface area contributed by atoms with E-state index in [1.807, 2.05) is 0 Å². The zero-order chi connectivity index (χ0) is 19.1. The van der Waals surface area contributed by atoms with Crippen LogP contribution < -0.4 is 0 Å². The maximum atomic E-state index is 11.7. The molecular formula is C22H34O6. The molecule has 1 N–H and O–H groups in total. The smallest absolute Gasteiger partial charge is 0.309 e. The van der Waals surface area contributed by atoms with Crippen LogP contribution in [-0.2, 0) is 23.7 Å². The number of hydrogen-bond donors (Lipinski definition) is 1. The summed E-state index contributed by atoms with van der Waals surface area (Å²) >= 11 is 0. The van der Waals surface area contributed by atoms with Crippen LogP contribution in [0.3, 0.4) is 0 Å². The van der Waals surface area contributed by atoms with E-state index in [9.17, 15) is 9.90 Å². The Labute approximate surface area is 167 Å². The number of unbranched alkanes of at least 4 members (excludes halogenated alkanes) is 1. The molecule has 6 nitrogen and oxygen atoms in total. The third-order valence-electron chi connectivity index (χ3n) is 7.54. The number of carbonyl (C=O) groups is 1. The number of epoxide rings is 4. The van der Waals surface area contributed by atoms with Crippen LogP contribution in [0.15, 0.2) is 0 Å². The maximum Gasteiger partial charge on any atom is 0.309 e. The minimum Gasteiger partial charge on any atom is -0.481 e. The van der Waals surface area contributed by atoms with Gasteiger partial charge in [-0.25, -0.2) is 0 Å². The van der Waals surface area contributed by atoms with E-state index >= 15 is 0 Å². The second kappa shape index (κ2) is 7.86. The molecule has 6 aliphatic rings. The summed E-state index contributed by atoms with van der Waals surface area (Å²) in [6, 6.07) is 0. The van der Waals surface area contributed by atoms with Gasteiger partial charge in [0.1, 0.15) is 0 Å². The van der Waals surface area contributed by atoms with Crippen molar-refractivity contribution < 1.29 is 28.8 Å². The maximum absolute atomic E-state index is 11.7. The van der Waals surface area contributed by atoms with Crippen molar-refractivity contribution in [1.82, 2.24) is 0 Å². The highest BCUT2D eigenvalue weighted by Gasteiger charge is 2.55. The normalized spacial score (nSPS) is 47.1. The molecule has 2 aliphatic carbocycles. The van der Waals surface area contributed by atoms with Gasteiger partial charge in [0.25, 0.3) is 0 Å². The van der Waals surface area contributed by atoms with Crippen molar-refractivity contribution >= 4 is 5.97 Å². The lowest BCUT2D eigenvalue weighted by atomic mass is 9.67. The number of carboxylic acid groups (broad SMARTS) is 1. The van der Waals surface area contributed by atoms with Crippen LogP contribution in [0.5, 0.6) is 0 Å². The molecule has 0 spiro atoms. The van der Waals surface area contributed by atoms with Gasteiger partial charge in [-0.1, -0.05) is 12.8 Å². The third kappa shape index (κ3) is 4.89. The monoisotopic (exact) mass is 394 g/mol. The molecule has 28 heavy (non-hydrogen) atoms. The van der Waals surface area contributed by atoms with Gasteiger partial charge in [0, 0.05) is 0 Å². The Morgan fingerprint density at radius 2 is 1.54 bits per heavy atom. The predicted octanol–water partition coefficient (Wildman–Crippen LogP) is 3.31. The summed E-state index contributed by atoms with van der Waals surface area (Å²) in [6.45, 7) is 2.03. The van der Waals surface area contributed by atoms with E-state index in [4.69, 9.17) is 18.9 Å². The summed E-state index contributed by atoms with van der Waals surface area (Å²) in [4.78, 5) is 11.7. The van der Waals surface area contributed by atoms with Crippen molar-refractivity contribution in [3.8, 4) is 0 Å². The van der Waals surface area contributed by atoms with Gasteiger partial charge in [-0.3, -0.25) is 4.79 Å². The highest BCUT2D eigenvalue weighted by molar-refractivity contribution is 5.75. The van der Waals surface area contributed by atoms with Crippen molar-refractivity contribution in [2.24, 2.45) is 11.3 Å².